The van der Waals surface area contributed by atoms with Crippen molar-refractivity contribution in [1.29, 1.82) is 0 Å². The molecule has 0 saturated heterocycles. The van der Waals surface area contributed by atoms with Crippen molar-refractivity contribution < 1.29 is 4.74 Å². The SMILES string of the molecule is COc1ccc(C)cc1CNc1ccc(C)nc1C. The van der Waals surface area contributed by atoms with Crippen LogP contribution < -0.4 is 10.1 Å². The summed E-state index contributed by atoms with van der Waals surface area (Å²) >= 11 is 0. The van der Waals surface area contributed by atoms with E-state index >= 15 is 0 Å². The van der Waals surface area contributed by atoms with Crippen LogP contribution in [0.25, 0.3) is 0 Å². The number of aromatic nitrogens is 1. The van der Waals surface area contributed by atoms with Gasteiger partial charge in [0.2, 0.25) is 0 Å². The minimum absolute atomic E-state index is 0.733. The highest BCUT2D eigenvalue weighted by molar-refractivity contribution is 5.49. The third-order valence-electron chi connectivity index (χ3n) is 3.13. The summed E-state index contributed by atoms with van der Waals surface area (Å²) in [6.07, 6.45) is 0. The number of methoxy groups -OCH3 is 1. The van der Waals surface area contributed by atoms with Crippen LogP contribution in [0, 0.1) is 20.8 Å². The van der Waals surface area contributed by atoms with Gasteiger partial charge in [0.1, 0.15) is 5.75 Å². The smallest absolute Gasteiger partial charge is 0.123 e. The van der Waals surface area contributed by atoms with Gasteiger partial charge in [-0.1, -0.05) is 17.7 Å². The van der Waals surface area contributed by atoms with Crippen molar-refractivity contribution >= 4 is 5.69 Å². The van der Waals surface area contributed by atoms with Gasteiger partial charge in [0, 0.05) is 17.8 Å². The Morgan fingerprint density at radius 2 is 1.89 bits per heavy atom. The van der Waals surface area contributed by atoms with Gasteiger partial charge in [-0.3, -0.25) is 4.98 Å². The summed E-state index contributed by atoms with van der Waals surface area (Å²) < 4.78 is 5.38. The molecule has 1 N–H and O–H groups in total. The Labute approximate surface area is 114 Å². The van der Waals surface area contributed by atoms with Gasteiger partial charge in [0.25, 0.3) is 0 Å². The second kappa shape index (κ2) is 5.74. The number of hydrogen-bond acceptors (Lipinski definition) is 3. The van der Waals surface area contributed by atoms with E-state index < -0.39 is 0 Å². The Kier molecular flexibility index (Phi) is 4.05. The molecule has 0 saturated carbocycles. The lowest BCUT2D eigenvalue weighted by molar-refractivity contribution is 0.410. The van der Waals surface area contributed by atoms with Crippen molar-refractivity contribution in [3.8, 4) is 5.75 Å². The van der Waals surface area contributed by atoms with Gasteiger partial charge in [0.05, 0.1) is 18.5 Å². The summed E-state index contributed by atoms with van der Waals surface area (Å²) in [4.78, 5) is 4.45. The Hall–Kier alpha value is -2.03. The van der Waals surface area contributed by atoms with Crippen LogP contribution in [0.4, 0.5) is 5.69 Å². The monoisotopic (exact) mass is 256 g/mol. The molecule has 3 nitrogen and oxygen atoms in total. The first kappa shape index (κ1) is 13.4. The molecule has 2 aromatic rings. The summed E-state index contributed by atoms with van der Waals surface area (Å²) in [5.41, 5.74) is 5.51. The first-order chi connectivity index (χ1) is 9.10. The van der Waals surface area contributed by atoms with Gasteiger partial charge in [-0.15, -0.1) is 0 Å². The van der Waals surface area contributed by atoms with Crippen molar-refractivity contribution in [3.05, 3.63) is 52.8 Å². The van der Waals surface area contributed by atoms with E-state index in [1.807, 2.05) is 26.0 Å². The summed E-state index contributed by atoms with van der Waals surface area (Å²) in [5.74, 6) is 0.913. The third-order valence-corrected chi connectivity index (χ3v) is 3.13. The number of nitrogens with one attached hydrogen (secondary N) is 1. The first-order valence-electron chi connectivity index (χ1n) is 6.42. The van der Waals surface area contributed by atoms with Gasteiger partial charge in [0.15, 0.2) is 0 Å². The fourth-order valence-electron chi connectivity index (χ4n) is 2.11. The molecule has 0 amide bonds. The zero-order chi connectivity index (χ0) is 13.8. The lowest BCUT2D eigenvalue weighted by Gasteiger charge is -2.13. The van der Waals surface area contributed by atoms with Crippen molar-refractivity contribution in [2.24, 2.45) is 0 Å². The number of benzene rings is 1. The maximum atomic E-state index is 5.38. The largest absolute Gasteiger partial charge is 0.496 e. The molecule has 0 atom stereocenters. The van der Waals surface area contributed by atoms with E-state index in [4.69, 9.17) is 4.74 Å². The second-order valence-electron chi connectivity index (χ2n) is 4.75. The summed E-state index contributed by atoms with van der Waals surface area (Å²) in [7, 11) is 1.70. The number of rotatable bonds is 4. The van der Waals surface area contributed by atoms with Crippen LogP contribution in [0.3, 0.4) is 0 Å². The molecule has 19 heavy (non-hydrogen) atoms. The number of anilines is 1. The zero-order valence-electron chi connectivity index (χ0n) is 11.9. The Morgan fingerprint density at radius 3 is 2.58 bits per heavy atom. The summed E-state index contributed by atoms with van der Waals surface area (Å²) in [6.45, 7) is 6.83. The van der Waals surface area contributed by atoms with E-state index in [9.17, 15) is 0 Å². The van der Waals surface area contributed by atoms with Crippen LogP contribution in [0.15, 0.2) is 30.3 Å². The van der Waals surface area contributed by atoms with E-state index in [1.165, 1.54) is 5.56 Å². The van der Waals surface area contributed by atoms with E-state index in [0.717, 1.165) is 34.9 Å². The first-order valence-corrected chi connectivity index (χ1v) is 6.42. The molecule has 100 valence electrons. The maximum Gasteiger partial charge on any atom is 0.123 e. The van der Waals surface area contributed by atoms with Gasteiger partial charge in [-0.2, -0.15) is 0 Å². The summed E-state index contributed by atoms with van der Waals surface area (Å²) in [6, 6.07) is 10.3. The third kappa shape index (κ3) is 3.25. The molecule has 0 aliphatic carbocycles. The van der Waals surface area contributed by atoms with E-state index in [0.29, 0.717) is 0 Å². The molecule has 0 fully saturated rings. The van der Waals surface area contributed by atoms with E-state index in [2.05, 4.69) is 35.4 Å². The Bertz CT molecular complexity index is 579. The topological polar surface area (TPSA) is 34.1 Å². The quantitative estimate of drug-likeness (QED) is 0.907. The predicted molar refractivity (Wildman–Crippen MR) is 78.8 cm³/mol. The number of aryl methyl sites for hydroxylation is 3. The van der Waals surface area contributed by atoms with Crippen LogP contribution in [0.5, 0.6) is 5.75 Å². The molecule has 2 rings (SSSR count). The summed E-state index contributed by atoms with van der Waals surface area (Å²) in [5, 5.41) is 3.42. The lowest BCUT2D eigenvalue weighted by Crippen LogP contribution is -2.04. The number of ether oxygens (including phenoxy) is 1. The minimum atomic E-state index is 0.733. The predicted octanol–water partition coefficient (Wildman–Crippen LogP) is 3.63. The number of nitrogens with zero attached hydrogens (tertiary/aromatic N) is 1. The van der Waals surface area contributed by atoms with E-state index in [1.54, 1.807) is 7.11 Å². The van der Waals surface area contributed by atoms with Gasteiger partial charge in [-0.25, -0.2) is 0 Å². The minimum Gasteiger partial charge on any atom is -0.496 e. The van der Waals surface area contributed by atoms with Gasteiger partial charge >= 0.3 is 0 Å². The molecule has 0 aliphatic rings. The highest BCUT2D eigenvalue weighted by Gasteiger charge is 2.04. The average Bonchev–Trinajstić information content (AvgIpc) is 2.38. The average molecular weight is 256 g/mol. The van der Waals surface area contributed by atoms with Crippen molar-refractivity contribution in [2.75, 3.05) is 12.4 Å². The standard InChI is InChI=1S/C16H20N2O/c1-11-5-8-16(19-4)14(9-11)10-17-15-7-6-12(2)18-13(15)3/h5-9,17H,10H2,1-4H3. The molecule has 1 aromatic heterocycles. The molecule has 0 spiro atoms. The molecular weight excluding hydrogens is 236 g/mol. The van der Waals surface area contributed by atoms with Gasteiger partial charge < -0.3 is 10.1 Å². The Morgan fingerprint density at radius 1 is 1.11 bits per heavy atom. The molecule has 1 aromatic carbocycles. The maximum absolute atomic E-state index is 5.38. The molecule has 0 unspecified atom stereocenters. The second-order valence-corrected chi connectivity index (χ2v) is 4.75. The van der Waals surface area contributed by atoms with Crippen molar-refractivity contribution in [3.63, 3.8) is 0 Å². The van der Waals surface area contributed by atoms with Crippen LogP contribution in [0.2, 0.25) is 0 Å². The Balaban J connectivity index is 2.16. The molecular formula is C16H20N2O. The van der Waals surface area contributed by atoms with Crippen LogP contribution in [0.1, 0.15) is 22.5 Å². The van der Waals surface area contributed by atoms with Crippen LogP contribution >= 0.6 is 0 Å². The van der Waals surface area contributed by atoms with Gasteiger partial charge in [-0.05, 0) is 39.0 Å². The highest BCUT2D eigenvalue weighted by atomic mass is 16.5. The number of hydrogen-bond donors (Lipinski definition) is 1. The fourth-order valence-corrected chi connectivity index (χ4v) is 2.11. The molecule has 1 heterocycles. The van der Waals surface area contributed by atoms with E-state index in [-0.39, 0.29) is 0 Å². The normalized spacial score (nSPS) is 10.3. The molecule has 0 aliphatic heterocycles. The molecule has 0 bridgehead atoms. The fraction of sp³-hybridized carbons (Fsp3) is 0.312. The molecule has 0 radical (unpaired) electrons. The highest BCUT2D eigenvalue weighted by Crippen LogP contribution is 2.21. The number of pyridine rings is 1. The zero-order valence-corrected chi connectivity index (χ0v) is 11.9. The van der Waals surface area contributed by atoms with Crippen LogP contribution in [-0.4, -0.2) is 12.1 Å². The molecule has 3 heteroatoms. The van der Waals surface area contributed by atoms with Crippen molar-refractivity contribution in [2.45, 2.75) is 27.3 Å². The van der Waals surface area contributed by atoms with Crippen LogP contribution in [-0.2, 0) is 6.54 Å². The lowest BCUT2D eigenvalue weighted by atomic mass is 10.1. The van der Waals surface area contributed by atoms with Crippen molar-refractivity contribution in [1.82, 2.24) is 4.98 Å².